The first-order chi connectivity index (χ1) is 14.9. The molecule has 0 fully saturated rings. The van der Waals surface area contributed by atoms with Crippen molar-refractivity contribution in [3.05, 3.63) is 0 Å². The van der Waals surface area contributed by atoms with Crippen LogP contribution in [0.4, 0.5) is 0 Å². The zero-order valence-electron chi connectivity index (χ0n) is 21.3. The molecule has 0 saturated heterocycles. The Kier molecular flexibility index (Phi) is 15.9. The van der Waals surface area contributed by atoms with E-state index in [9.17, 15) is 14.7 Å². The van der Waals surface area contributed by atoms with E-state index in [2.05, 4.69) is 0 Å². The third-order valence-corrected chi connectivity index (χ3v) is 15.7. The van der Waals surface area contributed by atoms with Gasteiger partial charge < -0.3 is 33.0 Å². The molecule has 0 aliphatic heterocycles. The fourth-order valence-corrected chi connectivity index (χ4v) is 5.18. The Morgan fingerprint density at radius 1 is 0.606 bits per heavy atom. The first-order valence-electron chi connectivity index (χ1n) is 11.4. The minimum absolute atomic E-state index is 0.00396. The molecule has 0 aromatic heterocycles. The Labute approximate surface area is 216 Å². The molecule has 0 amide bonds. The van der Waals surface area contributed by atoms with E-state index in [4.69, 9.17) is 53.7 Å². The number of hydrogen-bond donors (Lipinski definition) is 3. The molecule has 0 aromatic carbocycles. The van der Waals surface area contributed by atoms with Gasteiger partial charge >= 0.3 is 0 Å². The van der Waals surface area contributed by atoms with E-state index in [0.29, 0.717) is 25.9 Å². The topological polar surface area (TPSA) is 97.6 Å². The SMILES string of the molecule is CC(C)OCC(CCOP(O)(=S)C(C)C)(CCOP(O)(=S)C(C)C)CCOP(O)(=S)C(C)C. The lowest BCUT2D eigenvalue weighted by Crippen LogP contribution is -2.33. The average molecular weight is 587 g/mol. The first-order valence-corrected chi connectivity index (χ1v) is 19.6. The Balaban J connectivity index is 5.60. The van der Waals surface area contributed by atoms with Crippen LogP contribution in [0.25, 0.3) is 0 Å². The third kappa shape index (κ3) is 13.7. The summed E-state index contributed by atoms with van der Waals surface area (Å²) in [6.45, 7) is 7.46. The third-order valence-electron chi connectivity index (χ3n) is 5.41. The Bertz CT molecular complexity index is 633. The van der Waals surface area contributed by atoms with Gasteiger partial charge in [-0.05, 0) is 68.5 Å². The highest BCUT2D eigenvalue weighted by Gasteiger charge is 2.34. The van der Waals surface area contributed by atoms with Crippen molar-refractivity contribution in [3.8, 4) is 0 Å². The highest BCUT2D eigenvalue weighted by atomic mass is 32.5. The maximum Gasteiger partial charge on any atom is 0.188 e. The number of hydrogen-bond acceptors (Lipinski definition) is 7. The van der Waals surface area contributed by atoms with E-state index >= 15 is 0 Å². The number of ether oxygens (including phenoxy) is 1. The van der Waals surface area contributed by atoms with Gasteiger partial charge in [-0.25, -0.2) is 0 Å². The van der Waals surface area contributed by atoms with Gasteiger partial charge in [0, 0.05) is 22.4 Å². The monoisotopic (exact) mass is 586 g/mol. The van der Waals surface area contributed by atoms with E-state index in [-0.39, 0.29) is 42.9 Å². The zero-order valence-corrected chi connectivity index (χ0v) is 26.4. The molecule has 33 heavy (non-hydrogen) atoms. The van der Waals surface area contributed by atoms with Crippen LogP contribution in [0.15, 0.2) is 0 Å². The molecule has 0 saturated carbocycles. The van der Waals surface area contributed by atoms with Crippen molar-refractivity contribution in [3.63, 3.8) is 0 Å². The summed E-state index contributed by atoms with van der Waals surface area (Å²) in [5, 5.41) is 0. The van der Waals surface area contributed by atoms with E-state index in [1.54, 1.807) is 0 Å². The van der Waals surface area contributed by atoms with E-state index in [1.807, 2.05) is 55.4 Å². The summed E-state index contributed by atoms with van der Waals surface area (Å²) < 4.78 is 23.2. The van der Waals surface area contributed by atoms with Crippen LogP contribution in [-0.2, 0) is 53.7 Å². The Morgan fingerprint density at radius 2 is 0.879 bits per heavy atom. The summed E-state index contributed by atoms with van der Waals surface area (Å²) in [7, 11) is 0. The molecule has 3 atom stereocenters. The van der Waals surface area contributed by atoms with E-state index in [0.717, 1.165) is 0 Å². The molecule has 13 heteroatoms. The smallest absolute Gasteiger partial charge is 0.188 e. The standard InChI is InChI=1S/C20H45O7P3S3/c1-16(2)24-15-20(9-12-25-28(21,31)17(3)4,10-13-26-29(22,32)18(5)6)11-14-27-30(23,33)19(7)8/h16-19H,9-15H2,1-8H3,(H,21,31)(H,22,32)(H,23,33). The molecule has 0 rings (SSSR count). The summed E-state index contributed by atoms with van der Waals surface area (Å²) in [5.41, 5.74) is -0.886. The van der Waals surface area contributed by atoms with Crippen LogP contribution in [0, 0.1) is 5.41 Å². The van der Waals surface area contributed by atoms with Crippen LogP contribution >= 0.6 is 19.5 Å². The highest BCUT2D eigenvalue weighted by Crippen LogP contribution is 2.51. The zero-order chi connectivity index (χ0) is 26.1. The first kappa shape index (κ1) is 34.7. The second-order valence-electron chi connectivity index (χ2n) is 9.58. The quantitative estimate of drug-likeness (QED) is 0.172. The second kappa shape index (κ2) is 15.2. The van der Waals surface area contributed by atoms with Gasteiger partial charge in [0.1, 0.15) is 0 Å². The number of rotatable bonds is 18. The summed E-state index contributed by atoms with van der Waals surface area (Å²) in [4.78, 5) is 31.3. The van der Waals surface area contributed by atoms with Crippen LogP contribution < -0.4 is 0 Å². The van der Waals surface area contributed by atoms with E-state index in [1.165, 1.54) is 0 Å². The van der Waals surface area contributed by atoms with Gasteiger partial charge in [0.25, 0.3) is 0 Å². The van der Waals surface area contributed by atoms with Crippen molar-refractivity contribution in [2.24, 2.45) is 5.41 Å². The largest absolute Gasteiger partial charge is 0.378 e. The fourth-order valence-electron chi connectivity index (χ4n) is 2.56. The van der Waals surface area contributed by atoms with Crippen molar-refractivity contribution in [2.75, 3.05) is 26.4 Å². The van der Waals surface area contributed by atoms with Crippen molar-refractivity contribution in [2.45, 2.75) is 97.7 Å². The molecule has 200 valence electrons. The molecule has 0 spiro atoms. The average Bonchev–Trinajstić information content (AvgIpc) is 2.65. The maximum absolute atomic E-state index is 10.4. The van der Waals surface area contributed by atoms with Crippen molar-refractivity contribution >= 4 is 54.9 Å². The van der Waals surface area contributed by atoms with Gasteiger partial charge in [0.2, 0.25) is 0 Å². The molecule has 0 heterocycles. The minimum Gasteiger partial charge on any atom is -0.378 e. The van der Waals surface area contributed by atoms with Gasteiger partial charge in [-0.15, -0.1) is 0 Å². The lowest BCUT2D eigenvalue weighted by atomic mass is 9.79. The fraction of sp³-hybridized carbons (Fsp3) is 1.00. The van der Waals surface area contributed by atoms with E-state index < -0.39 is 24.9 Å². The molecule has 0 bridgehead atoms. The Morgan fingerprint density at radius 3 is 1.09 bits per heavy atom. The normalized spacial score (nSPS) is 20.1. The lowest BCUT2D eigenvalue weighted by Gasteiger charge is -2.36. The van der Waals surface area contributed by atoms with Crippen LogP contribution in [0.3, 0.4) is 0 Å². The molecular formula is C20H45O7P3S3. The van der Waals surface area contributed by atoms with Crippen LogP contribution in [-0.4, -0.2) is 64.2 Å². The van der Waals surface area contributed by atoms with Gasteiger partial charge in [0.05, 0.1) is 32.5 Å². The predicted molar refractivity (Wildman–Crippen MR) is 150 cm³/mol. The molecule has 7 nitrogen and oxygen atoms in total. The highest BCUT2D eigenvalue weighted by molar-refractivity contribution is 8.10. The molecular weight excluding hydrogens is 541 g/mol. The predicted octanol–water partition coefficient (Wildman–Crippen LogP) is 5.75. The Hall–Kier alpha value is 1.67. The van der Waals surface area contributed by atoms with Crippen LogP contribution in [0.5, 0.6) is 0 Å². The summed E-state index contributed by atoms with van der Waals surface area (Å²) in [5.74, 6) is 0. The molecule has 0 aromatic rings. The molecule has 0 aliphatic carbocycles. The van der Waals surface area contributed by atoms with Crippen molar-refractivity contribution < 1.29 is 33.0 Å². The van der Waals surface area contributed by atoms with Gasteiger partial charge in [-0.1, -0.05) is 41.5 Å². The molecule has 3 N–H and O–H groups in total. The molecule has 3 unspecified atom stereocenters. The minimum atomic E-state index is -2.89. The summed E-state index contributed by atoms with van der Waals surface area (Å²) in [6, 6.07) is 0. The van der Waals surface area contributed by atoms with Crippen LogP contribution in [0.1, 0.15) is 74.7 Å². The maximum atomic E-state index is 10.4. The second-order valence-corrected chi connectivity index (χ2v) is 21.5. The molecule has 0 aliphatic rings. The van der Waals surface area contributed by atoms with Crippen molar-refractivity contribution in [1.29, 1.82) is 0 Å². The lowest BCUT2D eigenvalue weighted by molar-refractivity contribution is -0.0223. The van der Waals surface area contributed by atoms with Gasteiger partial charge in [-0.2, -0.15) is 0 Å². The van der Waals surface area contributed by atoms with Crippen molar-refractivity contribution in [1.82, 2.24) is 0 Å². The van der Waals surface area contributed by atoms with Gasteiger partial charge in [0.15, 0.2) is 19.5 Å². The summed E-state index contributed by atoms with van der Waals surface area (Å²) in [6.07, 6.45) is 1.60. The summed E-state index contributed by atoms with van der Waals surface area (Å²) >= 11 is 15.8. The molecule has 0 radical (unpaired) electrons. The van der Waals surface area contributed by atoms with Crippen LogP contribution in [0.2, 0.25) is 0 Å². The van der Waals surface area contributed by atoms with Gasteiger partial charge in [-0.3, -0.25) is 0 Å².